The lowest BCUT2D eigenvalue weighted by Gasteiger charge is -2.26. The molecule has 0 saturated heterocycles. The lowest BCUT2D eigenvalue weighted by molar-refractivity contribution is 1.07. The number of aromatic nitrogens is 4. The molecule has 5 heteroatoms. The van der Waals surface area contributed by atoms with Crippen LogP contribution in [0.1, 0.15) is 11.1 Å². The summed E-state index contributed by atoms with van der Waals surface area (Å²) in [5, 5.41) is 2.40. The fraction of sp³-hybridized carbons (Fsp3) is 0.0426. The van der Waals surface area contributed by atoms with Gasteiger partial charge in [-0.1, -0.05) is 114 Å². The zero-order chi connectivity index (χ0) is 35.0. The van der Waals surface area contributed by atoms with Crippen LogP contribution in [0, 0.1) is 13.8 Å². The Hall–Kier alpha value is -6.85. The number of hydrogen-bond donors (Lipinski definition) is 0. The van der Waals surface area contributed by atoms with Gasteiger partial charge in [0, 0.05) is 50.2 Å². The summed E-state index contributed by atoms with van der Waals surface area (Å²) in [6, 6.07) is 61.6. The summed E-state index contributed by atoms with van der Waals surface area (Å²) in [4.78, 5) is 17.1. The van der Waals surface area contributed by atoms with E-state index in [2.05, 4.69) is 139 Å². The van der Waals surface area contributed by atoms with Gasteiger partial charge in [0.15, 0.2) is 17.5 Å². The Morgan fingerprint density at radius 3 is 1.37 bits per heavy atom. The van der Waals surface area contributed by atoms with Gasteiger partial charge in [0.25, 0.3) is 0 Å². The van der Waals surface area contributed by atoms with Gasteiger partial charge >= 0.3 is 0 Å². The van der Waals surface area contributed by atoms with Crippen molar-refractivity contribution in [2.24, 2.45) is 0 Å². The van der Waals surface area contributed by atoms with Crippen molar-refractivity contribution in [1.82, 2.24) is 19.5 Å². The second-order valence-electron chi connectivity index (χ2n) is 13.1. The van der Waals surface area contributed by atoms with E-state index < -0.39 is 0 Å². The molecule has 9 rings (SSSR count). The number of nitrogens with zero attached hydrogens (tertiary/aromatic N) is 5. The standard InChI is InChI=1S/C47H35N5/c1-32-17-23-37(24-18-32)51(38-25-19-33(2)20-26-38)40-29-30-44-42(31-40)41-15-9-10-16-43(41)52(44)39-27-21-36(22-28-39)47-49-45(34-11-5-3-6-12-34)48-46(50-47)35-13-7-4-8-14-35/h3-31H,1-2H3. The molecule has 2 aromatic heterocycles. The number of benzene rings is 7. The molecule has 0 saturated carbocycles. The van der Waals surface area contributed by atoms with Crippen molar-refractivity contribution >= 4 is 38.9 Å². The summed E-state index contributed by atoms with van der Waals surface area (Å²) in [5.74, 6) is 1.94. The molecule has 7 aromatic carbocycles. The predicted octanol–water partition coefficient (Wildman–Crippen LogP) is 12.1. The van der Waals surface area contributed by atoms with Crippen LogP contribution in [0.2, 0.25) is 0 Å². The van der Waals surface area contributed by atoms with E-state index in [0.29, 0.717) is 17.5 Å². The molecule has 0 N–H and O–H groups in total. The van der Waals surface area contributed by atoms with Gasteiger partial charge in [0.2, 0.25) is 0 Å². The number of para-hydroxylation sites is 1. The van der Waals surface area contributed by atoms with Crippen molar-refractivity contribution in [1.29, 1.82) is 0 Å². The smallest absolute Gasteiger partial charge is 0.164 e. The average Bonchev–Trinajstić information content (AvgIpc) is 3.54. The predicted molar refractivity (Wildman–Crippen MR) is 215 cm³/mol. The first-order valence-corrected chi connectivity index (χ1v) is 17.5. The third-order valence-electron chi connectivity index (χ3n) is 9.58. The van der Waals surface area contributed by atoms with Gasteiger partial charge in [-0.15, -0.1) is 0 Å². The monoisotopic (exact) mass is 669 g/mol. The van der Waals surface area contributed by atoms with Crippen LogP contribution in [0.15, 0.2) is 176 Å². The molecule has 0 spiro atoms. The van der Waals surface area contributed by atoms with Crippen LogP contribution in [0.3, 0.4) is 0 Å². The first-order chi connectivity index (χ1) is 25.6. The summed E-state index contributed by atoms with van der Waals surface area (Å²) < 4.78 is 2.35. The molecule has 0 aliphatic heterocycles. The van der Waals surface area contributed by atoms with Crippen LogP contribution in [0.4, 0.5) is 17.1 Å². The lowest BCUT2D eigenvalue weighted by atomic mass is 10.1. The van der Waals surface area contributed by atoms with E-state index in [1.807, 2.05) is 60.7 Å². The van der Waals surface area contributed by atoms with Crippen molar-refractivity contribution in [3.05, 3.63) is 187 Å². The Morgan fingerprint density at radius 1 is 0.385 bits per heavy atom. The van der Waals surface area contributed by atoms with Gasteiger partial charge in [0.1, 0.15) is 0 Å². The van der Waals surface area contributed by atoms with Crippen molar-refractivity contribution in [2.75, 3.05) is 4.90 Å². The van der Waals surface area contributed by atoms with E-state index in [1.54, 1.807) is 0 Å². The van der Waals surface area contributed by atoms with E-state index in [1.165, 1.54) is 21.9 Å². The van der Waals surface area contributed by atoms with Gasteiger partial charge in [-0.05, 0) is 86.6 Å². The molecule has 0 fully saturated rings. The fourth-order valence-corrected chi connectivity index (χ4v) is 6.91. The molecule has 0 radical (unpaired) electrons. The zero-order valence-electron chi connectivity index (χ0n) is 29.0. The Bertz CT molecular complexity index is 2560. The maximum Gasteiger partial charge on any atom is 0.164 e. The molecular weight excluding hydrogens is 635 g/mol. The highest BCUT2D eigenvalue weighted by Gasteiger charge is 2.18. The van der Waals surface area contributed by atoms with Gasteiger partial charge in [-0.3, -0.25) is 0 Å². The molecule has 0 aliphatic rings. The van der Waals surface area contributed by atoms with Crippen LogP contribution >= 0.6 is 0 Å². The third kappa shape index (κ3) is 5.78. The highest BCUT2D eigenvalue weighted by molar-refractivity contribution is 6.10. The van der Waals surface area contributed by atoms with E-state index in [9.17, 15) is 0 Å². The molecular formula is C47H35N5. The minimum absolute atomic E-state index is 0.637. The summed E-state index contributed by atoms with van der Waals surface area (Å²) in [6.07, 6.45) is 0. The van der Waals surface area contributed by atoms with Gasteiger partial charge < -0.3 is 9.47 Å². The molecule has 2 heterocycles. The SMILES string of the molecule is Cc1ccc(N(c2ccc(C)cc2)c2ccc3c(c2)c2ccccc2n3-c2ccc(-c3nc(-c4ccccc4)nc(-c4ccccc4)n3)cc2)cc1. The molecule has 0 amide bonds. The van der Waals surface area contributed by atoms with E-state index in [0.717, 1.165) is 50.5 Å². The number of anilines is 3. The molecule has 0 unspecified atom stereocenters. The third-order valence-corrected chi connectivity index (χ3v) is 9.58. The van der Waals surface area contributed by atoms with Crippen molar-refractivity contribution in [2.45, 2.75) is 13.8 Å². The fourth-order valence-electron chi connectivity index (χ4n) is 6.91. The Kier molecular flexibility index (Phi) is 7.86. The summed E-state index contributed by atoms with van der Waals surface area (Å²) >= 11 is 0. The van der Waals surface area contributed by atoms with E-state index in [4.69, 9.17) is 15.0 Å². The van der Waals surface area contributed by atoms with E-state index >= 15 is 0 Å². The van der Waals surface area contributed by atoms with Gasteiger partial charge in [-0.25, -0.2) is 15.0 Å². The number of rotatable bonds is 7. The molecule has 0 atom stereocenters. The van der Waals surface area contributed by atoms with Crippen LogP contribution in [-0.2, 0) is 0 Å². The highest BCUT2D eigenvalue weighted by Crippen LogP contribution is 2.40. The van der Waals surface area contributed by atoms with Crippen molar-refractivity contribution in [3.63, 3.8) is 0 Å². The Morgan fingerprint density at radius 2 is 0.827 bits per heavy atom. The van der Waals surface area contributed by atoms with Crippen molar-refractivity contribution < 1.29 is 0 Å². The Labute approximate surface area is 303 Å². The Balaban J connectivity index is 1.15. The molecule has 248 valence electrons. The quantitative estimate of drug-likeness (QED) is 0.169. The minimum atomic E-state index is 0.637. The number of fused-ring (bicyclic) bond motifs is 3. The largest absolute Gasteiger partial charge is 0.310 e. The first-order valence-electron chi connectivity index (χ1n) is 17.5. The summed E-state index contributed by atoms with van der Waals surface area (Å²) in [7, 11) is 0. The van der Waals surface area contributed by atoms with Gasteiger partial charge in [0.05, 0.1) is 11.0 Å². The molecule has 0 bridgehead atoms. The maximum atomic E-state index is 4.94. The topological polar surface area (TPSA) is 46.8 Å². The minimum Gasteiger partial charge on any atom is -0.310 e. The van der Waals surface area contributed by atoms with Crippen LogP contribution < -0.4 is 4.90 Å². The first kappa shape index (κ1) is 31.2. The number of hydrogen-bond acceptors (Lipinski definition) is 4. The second kappa shape index (κ2) is 13.1. The van der Waals surface area contributed by atoms with Crippen molar-refractivity contribution in [3.8, 4) is 39.9 Å². The summed E-state index contributed by atoms with van der Waals surface area (Å²) in [5.41, 5.74) is 12.0. The normalized spacial score (nSPS) is 11.3. The van der Waals surface area contributed by atoms with Crippen LogP contribution in [0.25, 0.3) is 61.7 Å². The molecule has 52 heavy (non-hydrogen) atoms. The van der Waals surface area contributed by atoms with Crippen LogP contribution in [-0.4, -0.2) is 19.5 Å². The molecule has 9 aromatic rings. The molecule has 5 nitrogen and oxygen atoms in total. The zero-order valence-corrected chi connectivity index (χ0v) is 29.0. The van der Waals surface area contributed by atoms with E-state index in [-0.39, 0.29) is 0 Å². The molecule has 0 aliphatic carbocycles. The van der Waals surface area contributed by atoms with Gasteiger partial charge in [-0.2, -0.15) is 0 Å². The van der Waals surface area contributed by atoms with Crippen LogP contribution in [0.5, 0.6) is 0 Å². The number of aryl methyl sites for hydroxylation is 2. The second-order valence-corrected chi connectivity index (χ2v) is 13.1. The highest BCUT2D eigenvalue weighted by atomic mass is 15.1. The average molecular weight is 670 g/mol. The lowest BCUT2D eigenvalue weighted by Crippen LogP contribution is -2.10. The summed E-state index contributed by atoms with van der Waals surface area (Å²) in [6.45, 7) is 4.25. The maximum absolute atomic E-state index is 4.94.